The van der Waals surface area contributed by atoms with Crippen LogP contribution in [0.25, 0.3) is 28.1 Å². The second-order valence-electron chi connectivity index (χ2n) is 9.93. The Hall–Kier alpha value is -4.81. The maximum absolute atomic E-state index is 16.3. The number of fused-ring (bicyclic) bond motifs is 2. The number of hydrogen-bond donors (Lipinski definition) is 2. The average Bonchev–Trinajstić information content (AvgIpc) is 3.35. The number of halogens is 2. The zero-order chi connectivity index (χ0) is 28.3. The summed E-state index contributed by atoms with van der Waals surface area (Å²) in [5.41, 5.74) is -1.21. The fourth-order valence-electron chi connectivity index (χ4n) is 5.31. The minimum Gasteiger partial charge on any atom is -0.507 e. The number of aromatic hydroxyl groups is 1. The van der Waals surface area contributed by atoms with Gasteiger partial charge in [0.15, 0.2) is 23.0 Å². The highest BCUT2D eigenvalue weighted by molar-refractivity contribution is 5.97. The first-order valence-corrected chi connectivity index (χ1v) is 12.7. The van der Waals surface area contributed by atoms with Crippen LogP contribution in [0.2, 0.25) is 0 Å². The standard InChI is InChI=1S/C27H25F2N7O4/c1-4-17(38)34-8-9-35-14(10-34)11-40-23-19-24(35)33-27(39)36(26-21(13(2)3)30-12-31-26)25(19)32-22(20(23)29)18-15(28)6-5-7-16(18)37/h4-7,12-14,37H,1,8-11H2,2-3H3,(H,30,31)/t14-/m1/s1. The van der Waals surface area contributed by atoms with E-state index in [-0.39, 0.29) is 59.9 Å². The predicted molar refractivity (Wildman–Crippen MR) is 142 cm³/mol. The summed E-state index contributed by atoms with van der Waals surface area (Å²) in [7, 11) is 0. The van der Waals surface area contributed by atoms with E-state index in [9.17, 15) is 19.1 Å². The van der Waals surface area contributed by atoms with Crippen molar-refractivity contribution in [2.75, 3.05) is 31.1 Å². The highest BCUT2D eigenvalue weighted by Gasteiger charge is 2.38. The van der Waals surface area contributed by atoms with Gasteiger partial charge in [0.25, 0.3) is 0 Å². The van der Waals surface area contributed by atoms with Gasteiger partial charge < -0.3 is 24.6 Å². The van der Waals surface area contributed by atoms with E-state index in [0.717, 1.165) is 10.6 Å². The molecule has 0 unspecified atom stereocenters. The van der Waals surface area contributed by atoms with Crippen LogP contribution in [0.4, 0.5) is 14.6 Å². The second-order valence-corrected chi connectivity index (χ2v) is 9.93. The molecule has 4 aromatic rings. The SMILES string of the molecule is C=CC(=O)N1CCN2c3nc(=O)n(-c4nc[nH]c4C(C)C)c4nc(-c5c(O)cccc5F)c(F)c(c34)OC[C@H]2C1. The molecule has 1 atom stereocenters. The van der Waals surface area contributed by atoms with Gasteiger partial charge in [-0.1, -0.05) is 26.5 Å². The number of hydrogen-bond acceptors (Lipinski definition) is 8. The molecule has 0 saturated carbocycles. The molecule has 2 N–H and O–H groups in total. The summed E-state index contributed by atoms with van der Waals surface area (Å²) < 4.78 is 38.4. The minimum atomic E-state index is -1.02. The number of nitrogens with one attached hydrogen (secondary N) is 1. The van der Waals surface area contributed by atoms with Crippen molar-refractivity contribution < 1.29 is 23.4 Å². The number of amides is 1. The van der Waals surface area contributed by atoms with Crippen molar-refractivity contribution >= 4 is 22.8 Å². The monoisotopic (exact) mass is 549 g/mol. The number of piperazine rings is 1. The fraction of sp³-hybridized carbons (Fsp3) is 0.296. The van der Waals surface area contributed by atoms with Crippen molar-refractivity contribution in [1.82, 2.24) is 29.4 Å². The maximum atomic E-state index is 16.3. The number of H-pyrrole nitrogens is 1. The molecule has 40 heavy (non-hydrogen) atoms. The van der Waals surface area contributed by atoms with E-state index < -0.39 is 40.4 Å². The molecule has 0 radical (unpaired) electrons. The molecule has 6 rings (SSSR count). The van der Waals surface area contributed by atoms with Crippen LogP contribution in [0.3, 0.4) is 0 Å². The van der Waals surface area contributed by atoms with Crippen LogP contribution in [-0.2, 0) is 4.79 Å². The number of carbonyl (C=O) groups is 1. The Kier molecular flexibility index (Phi) is 6.01. The molecule has 0 aliphatic carbocycles. The quantitative estimate of drug-likeness (QED) is 0.372. The van der Waals surface area contributed by atoms with E-state index in [2.05, 4.69) is 26.5 Å². The van der Waals surface area contributed by atoms with Gasteiger partial charge in [-0.15, -0.1) is 0 Å². The zero-order valence-electron chi connectivity index (χ0n) is 21.7. The molecule has 11 nitrogen and oxygen atoms in total. The largest absolute Gasteiger partial charge is 0.507 e. The van der Waals surface area contributed by atoms with Crippen LogP contribution < -0.4 is 15.3 Å². The number of imidazole rings is 1. The number of rotatable bonds is 4. The van der Waals surface area contributed by atoms with Gasteiger partial charge in [0.2, 0.25) is 5.91 Å². The van der Waals surface area contributed by atoms with Crippen LogP contribution in [0.15, 0.2) is 42.0 Å². The van der Waals surface area contributed by atoms with E-state index >= 15 is 4.39 Å². The lowest BCUT2D eigenvalue weighted by Crippen LogP contribution is -2.56. The van der Waals surface area contributed by atoms with Gasteiger partial charge in [-0.3, -0.25) is 4.79 Å². The van der Waals surface area contributed by atoms with Gasteiger partial charge in [0, 0.05) is 19.6 Å². The van der Waals surface area contributed by atoms with Crippen LogP contribution in [0.1, 0.15) is 25.5 Å². The highest BCUT2D eigenvalue weighted by Crippen LogP contribution is 2.43. The summed E-state index contributed by atoms with van der Waals surface area (Å²) in [5.74, 6) is -2.77. The molecule has 1 amide bonds. The Balaban J connectivity index is 1.68. The number of aromatic nitrogens is 5. The van der Waals surface area contributed by atoms with Crippen LogP contribution in [0.5, 0.6) is 11.5 Å². The number of aromatic amines is 1. The van der Waals surface area contributed by atoms with E-state index in [0.29, 0.717) is 12.2 Å². The average molecular weight is 550 g/mol. The van der Waals surface area contributed by atoms with Gasteiger partial charge in [0.05, 0.1) is 23.6 Å². The number of anilines is 1. The Bertz CT molecular complexity index is 1730. The maximum Gasteiger partial charge on any atom is 0.357 e. The van der Waals surface area contributed by atoms with Crippen LogP contribution >= 0.6 is 0 Å². The second kappa shape index (κ2) is 9.43. The van der Waals surface area contributed by atoms with Crippen molar-refractivity contribution in [3.8, 4) is 28.6 Å². The molecule has 1 saturated heterocycles. The Labute approximate surface area is 226 Å². The number of nitrogens with zero attached hydrogens (tertiary/aromatic N) is 6. The van der Waals surface area contributed by atoms with Crippen LogP contribution in [0, 0.1) is 11.6 Å². The smallest absolute Gasteiger partial charge is 0.357 e. The molecule has 13 heteroatoms. The van der Waals surface area contributed by atoms with Gasteiger partial charge >= 0.3 is 5.69 Å². The zero-order valence-corrected chi connectivity index (χ0v) is 21.7. The summed E-state index contributed by atoms with van der Waals surface area (Å²) in [4.78, 5) is 45.5. The molecule has 206 valence electrons. The normalized spacial score (nSPS) is 16.6. The summed E-state index contributed by atoms with van der Waals surface area (Å²) in [6, 6.07) is 3.09. The number of phenols is 1. The number of pyridine rings is 1. The molecule has 0 bridgehead atoms. The highest BCUT2D eigenvalue weighted by atomic mass is 19.1. The van der Waals surface area contributed by atoms with Crippen LogP contribution in [-0.4, -0.2) is 72.7 Å². The molecule has 3 aromatic heterocycles. The van der Waals surface area contributed by atoms with Gasteiger partial charge in [-0.05, 0) is 24.1 Å². The molecule has 1 aromatic carbocycles. The first kappa shape index (κ1) is 25.5. The van der Waals surface area contributed by atoms with Gasteiger partial charge in [-0.2, -0.15) is 4.98 Å². The van der Waals surface area contributed by atoms with Crippen molar-refractivity contribution in [2.45, 2.75) is 25.8 Å². The van der Waals surface area contributed by atoms with Crippen molar-refractivity contribution in [2.24, 2.45) is 0 Å². The number of benzene rings is 1. The Morgan fingerprint density at radius 1 is 1.25 bits per heavy atom. The lowest BCUT2D eigenvalue weighted by molar-refractivity contribution is -0.126. The molecule has 0 spiro atoms. The van der Waals surface area contributed by atoms with Crippen molar-refractivity contribution in [3.63, 3.8) is 0 Å². The van der Waals surface area contributed by atoms with E-state index in [4.69, 9.17) is 4.74 Å². The molecule has 2 aliphatic heterocycles. The van der Waals surface area contributed by atoms with Gasteiger partial charge in [0.1, 0.15) is 35.1 Å². The third kappa shape index (κ3) is 3.80. The minimum absolute atomic E-state index is 0.0656. The van der Waals surface area contributed by atoms with E-state index in [1.165, 1.54) is 24.5 Å². The third-order valence-electron chi connectivity index (χ3n) is 7.23. The van der Waals surface area contributed by atoms with Gasteiger partial charge in [-0.25, -0.2) is 28.1 Å². The molecule has 5 heterocycles. The van der Waals surface area contributed by atoms with E-state index in [1.807, 2.05) is 13.8 Å². The number of ether oxygens (including phenoxy) is 1. The molecular weight excluding hydrogens is 524 g/mol. The molecule has 1 fully saturated rings. The Morgan fingerprint density at radius 2 is 2.05 bits per heavy atom. The topological polar surface area (TPSA) is 129 Å². The first-order chi connectivity index (χ1) is 19.2. The summed E-state index contributed by atoms with van der Waals surface area (Å²) in [6.45, 7) is 8.10. The predicted octanol–water partition coefficient (Wildman–Crippen LogP) is 2.87. The fourth-order valence-corrected chi connectivity index (χ4v) is 5.31. The Morgan fingerprint density at radius 3 is 2.77 bits per heavy atom. The number of carbonyl (C=O) groups excluding carboxylic acids is 1. The number of phenolic OH excluding ortho intramolecular Hbond substituents is 1. The van der Waals surface area contributed by atoms with Crippen molar-refractivity contribution in [1.29, 1.82) is 0 Å². The third-order valence-corrected chi connectivity index (χ3v) is 7.23. The lowest BCUT2D eigenvalue weighted by Gasteiger charge is -2.40. The first-order valence-electron chi connectivity index (χ1n) is 12.7. The molecule has 2 aliphatic rings. The summed E-state index contributed by atoms with van der Waals surface area (Å²) in [5, 5.41) is 10.6. The van der Waals surface area contributed by atoms with Crippen molar-refractivity contribution in [3.05, 3.63) is 65.0 Å². The van der Waals surface area contributed by atoms with E-state index in [1.54, 1.807) is 9.80 Å². The lowest BCUT2D eigenvalue weighted by atomic mass is 10.1. The molecular formula is C27H25F2N7O4. The summed E-state index contributed by atoms with van der Waals surface area (Å²) in [6.07, 6.45) is 2.64. The summed E-state index contributed by atoms with van der Waals surface area (Å²) >= 11 is 0.